The molecule has 1 aromatic carbocycles. The minimum absolute atomic E-state index is 0.184. The molecule has 1 aromatic heterocycles. The van der Waals surface area contributed by atoms with Gasteiger partial charge < -0.3 is 9.30 Å². The van der Waals surface area contributed by atoms with Gasteiger partial charge in [0.1, 0.15) is 17.5 Å². The van der Waals surface area contributed by atoms with E-state index in [9.17, 15) is 19.2 Å². The molecule has 2 rings (SSSR count). The van der Waals surface area contributed by atoms with Crippen LogP contribution in [0.15, 0.2) is 35.9 Å². The number of halogens is 1. The highest BCUT2D eigenvalue weighted by Gasteiger charge is 2.16. The predicted molar refractivity (Wildman–Crippen MR) is 104 cm³/mol. The van der Waals surface area contributed by atoms with Crippen LogP contribution in [-0.4, -0.2) is 22.9 Å². The number of aromatic nitrogens is 1. The van der Waals surface area contributed by atoms with Gasteiger partial charge in [-0.3, -0.25) is 4.79 Å². The van der Waals surface area contributed by atoms with Crippen LogP contribution >= 0.6 is 0 Å². The van der Waals surface area contributed by atoms with Crippen LogP contribution in [0.1, 0.15) is 41.2 Å². The Morgan fingerprint density at radius 3 is 2.46 bits per heavy atom. The molecule has 28 heavy (non-hydrogen) atoms. The van der Waals surface area contributed by atoms with Crippen molar-refractivity contribution < 1.29 is 18.7 Å². The molecule has 0 unspecified atom stereocenters. The van der Waals surface area contributed by atoms with Gasteiger partial charge >= 0.3 is 5.97 Å². The Labute approximate surface area is 164 Å². The highest BCUT2D eigenvalue weighted by Crippen LogP contribution is 2.20. The lowest BCUT2D eigenvalue weighted by atomic mass is 10.1. The number of Topliss-reactive ketones (excluding diaryl/α,β-unsaturated/α-hetero) is 1. The Morgan fingerprint density at radius 1 is 1.25 bits per heavy atom. The van der Waals surface area contributed by atoms with Crippen molar-refractivity contribution in [1.29, 1.82) is 5.26 Å². The molecule has 6 heteroatoms. The summed E-state index contributed by atoms with van der Waals surface area (Å²) >= 11 is 0. The zero-order chi connectivity index (χ0) is 20.8. The third-order valence-electron chi connectivity index (χ3n) is 4.30. The molecule has 0 aliphatic rings. The van der Waals surface area contributed by atoms with Crippen molar-refractivity contribution in [3.63, 3.8) is 0 Å². The van der Waals surface area contributed by atoms with E-state index in [0.29, 0.717) is 5.92 Å². The Balaban J connectivity index is 2.12. The van der Waals surface area contributed by atoms with Crippen molar-refractivity contribution in [3.8, 4) is 6.07 Å². The number of aryl methyl sites for hydroxylation is 1. The highest BCUT2D eigenvalue weighted by atomic mass is 19.1. The molecule has 0 aliphatic heterocycles. The molecule has 0 radical (unpaired) electrons. The highest BCUT2D eigenvalue weighted by molar-refractivity contribution is 6.01. The van der Waals surface area contributed by atoms with E-state index in [-0.39, 0.29) is 11.1 Å². The molecular weight excluding hydrogens is 359 g/mol. The normalized spacial score (nSPS) is 11.4. The lowest BCUT2D eigenvalue weighted by Gasteiger charge is -2.12. The number of ketones is 1. The summed E-state index contributed by atoms with van der Waals surface area (Å²) < 4.78 is 20.0. The maximum atomic E-state index is 12.9. The zero-order valence-electron chi connectivity index (χ0n) is 16.5. The fraction of sp³-hybridized carbons (Fsp3) is 0.318. The lowest BCUT2D eigenvalue weighted by molar-refractivity contribution is -0.137. The van der Waals surface area contributed by atoms with E-state index in [1.54, 1.807) is 0 Å². The van der Waals surface area contributed by atoms with Crippen LogP contribution in [0.3, 0.4) is 0 Å². The first-order chi connectivity index (χ1) is 13.2. The van der Waals surface area contributed by atoms with E-state index in [1.165, 1.54) is 18.2 Å². The van der Waals surface area contributed by atoms with Crippen molar-refractivity contribution in [2.24, 2.45) is 5.92 Å². The van der Waals surface area contributed by atoms with Crippen LogP contribution in [0.2, 0.25) is 0 Å². The molecule has 0 amide bonds. The number of carbonyl (C=O) groups excluding carboxylic acids is 2. The monoisotopic (exact) mass is 382 g/mol. The number of ether oxygens (including phenoxy) is 1. The second-order valence-corrected chi connectivity index (χ2v) is 7.01. The maximum absolute atomic E-state index is 12.9. The summed E-state index contributed by atoms with van der Waals surface area (Å²) in [6, 6.07) is 8.69. The molecule has 1 heterocycles. The van der Waals surface area contributed by atoms with Crippen molar-refractivity contribution in [3.05, 3.63) is 64.2 Å². The maximum Gasteiger partial charge on any atom is 0.349 e. The van der Waals surface area contributed by atoms with Crippen LogP contribution in [0.5, 0.6) is 0 Å². The largest absolute Gasteiger partial charge is 0.453 e. The second kappa shape index (κ2) is 9.14. The first-order valence-electron chi connectivity index (χ1n) is 8.97. The van der Waals surface area contributed by atoms with E-state index >= 15 is 0 Å². The topological polar surface area (TPSA) is 72.1 Å². The molecule has 0 N–H and O–H groups in total. The molecule has 0 saturated heterocycles. The quantitative estimate of drug-likeness (QED) is 0.311. The third kappa shape index (κ3) is 5.17. The minimum atomic E-state index is -0.869. The van der Waals surface area contributed by atoms with Gasteiger partial charge in [0.15, 0.2) is 12.4 Å². The number of nitriles is 1. The number of rotatable bonds is 7. The van der Waals surface area contributed by atoms with Crippen LogP contribution < -0.4 is 0 Å². The number of esters is 1. The first kappa shape index (κ1) is 21.1. The van der Waals surface area contributed by atoms with Gasteiger partial charge in [0.2, 0.25) is 0 Å². The third-order valence-corrected chi connectivity index (χ3v) is 4.30. The van der Waals surface area contributed by atoms with Crippen LogP contribution in [0.4, 0.5) is 4.39 Å². The van der Waals surface area contributed by atoms with Crippen LogP contribution in [-0.2, 0) is 16.1 Å². The fourth-order valence-electron chi connectivity index (χ4n) is 2.84. The number of benzene rings is 1. The van der Waals surface area contributed by atoms with Crippen molar-refractivity contribution >= 4 is 17.8 Å². The zero-order valence-corrected chi connectivity index (χ0v) is 16.5. The molecular formula is C22H23FN2O3. The van der Waals surface area contributed by atoms with E-state index in [4.69, 9.17) is 4.74 Å². The lowest BCUT2D eigenvalue weighted by Crippen LogP contribution is -2.15. The molecule has 0 bridgehead atoms. The summed E-state index contributed by atoms with van der Waals surface area (Å²) in [6.07, 6.45) is 1.48. The van der Waals surface area contributed by atoms with Gasteiger partial charge in [0.05, 0.1) is 0 Å². The number of carbonyl (C=O) groups is 2. The van der Waals surface area contributed by atoms with Crippen molar-refractivity contribution in [1.82, 2.24) is 4.57 Å². The molecule has 0 aliphatic carbocycles. The van der Waals surface area contributed by atoms with Crippen molar-refractivity contribution in [2.75, 3.05) is 6.61 Å². The Kier molecular flexibility index (Phi) is 6.89. The average Bonchev–Trinajstić information content (AvgIpc) is 2.91. The van der Waals surface area contributed by atoms with E-state index in [0.717, 1.165) is 35.6 Å². The van der Waals surface area contributed by atoms with Crippen LogP contribution in [0, 0.1) is 36.9 Å². The number of hydrogen-bond acceptors (Lipinski definition) is 4. The minimum Gasteiger partial charge on any atom is -0.453 e. The molecule has 0 fully saturated rings. The van der Waals surface area contributed by atoms with Gasteiger partial charge in [-0.05, 0) is 61.7 Å². The summed E-state index contributed by atoms with van der Waals surface area (Å²) in [6.45, 7) is 8.45. The SMILES string of the molecule is Cc1cc(/C=C(\C#N)C(=O)OCC(=O)c2ccc(F)cc2)c(C)n1CC(C)C. The number of nitrogens with zero attached hydrogens (tertiary/aromatic N) is 2. The fourth-order valence-corrected chi connectivity index (χ4v) is 2.84. The van der Waals surface area contributed by atoms with E-state index in [1.807, 2.05) is 26.0 Å². The average molecular weight is 382 g/mol. The summed E-state index contributed by atoms with van der Waals surface area (Å²) in [5, 5.41) is 9.33. The molecule has 2 aromatic rings. The Bertz CT molecular complexity index is 947. The van der Waals surface area contributed by atoms with Gasteiger partial charge in [0.25, 0.3) is 0 Å². The summed E-state index contributed by atoms with van der Waals surface area (Å²) in [4.78, 5) is 24.2. The van der Waals surface area contributed by atoms with Crippen molar-refractivity contribution in [2.45, 2.75) is 34.2 Å². The predicted octanol–water partition coefficient (Wildman–Crippen LogP) is 4.23. The van der Waals surface area contributed by atoms with Gasteiger partial charge in [-0.2, -0.15) is 5.26 Å². The number of hydrogen-bond donors (Lipinski definition) is 0. The summed E-state index contributed by atoms with van der Waals surface area (Å²) in [5.41, 5.74) is 2.80. The van der Waals surface area contributed by atoms with Crippen LogP contribution in [0.25, 0.3) is 6.08 Å². The van der Waals surface area contributed by atoms with E-state index in [2.05, 4.69) is 18.4 Å². The smallest absolute Gasteiger partial charge is 0.349 e. The Morgan fingerprint density at radius 2 is 1.89 bits per heavy atom. The van der Waals surface area contributed by atoms with Gasteiger partial charge in [-0.25, -0.2) is 9.18 Å². The van der Waals surface area contributed by atoms with Gasteiger partial charge in [-0.1, -0.05) is 13.8 Å². The summed E-state index contributed by atoms with van der Waals surface area (Å²) in [5.74, 6) is -1.34. The second-order valence-electron chi connectivity index (χ2n) is 7.01. The molecule has 0 atom stereocenters. The van der Waals surface area contributed by atoms with Gasteiger partial charge in [0, 0.05) is 23.5 Å². The van der Waals surface area contributed by atoms with Gasteiger partial charge in [-0.15, -0.1) is 0 Å². The molecule has 5 nitrogen and oxygen atoms in total. The standard InChI is InChI=1S/C22H23FN2O3/c1-14(2)12-25-15(3)9-18(16(25)4)10-19(11-24)22(27)28-13-21(26)17-5-7-20(23)8-6-17/h5-10,14H,12-13H2,1-4H3/b19-10+. The Hall–Kier alpha value is -3.20. The van der Waals surface area contributed by atoms with E-state index < -0.39 is 24.2 Å². The first-order valence-corrected chi connectivity index (χ1v) is 8.97. The molecule has 0 saturated carbocycles. The molecule has 146 valence electrons. The molecule has 0 spiro atoms. The summed E-state index contributed by atoms with van der Waals surface area (Å²) in [7, 11) is 0.